The molecule has 22 heavy (non-hydrogen) atoms. The highest BCUT2D eigenvalue weighted by atomic mass is 79.9. The first-order chi connectivity index (χ1) is 10.7. The Labute approximate surface area is 140 Å². The molecular weight excluding hydrogens is 336 g/mol. The van der Waals surface area contributed by atoms with E-state index in [2.05, 4.69) is 63.7 Å². The summed E-state index contributed by atoms with van der Waals surface area (Å²) < 4.78 is 1.16. The SMILES string of the molecule is Nc1cccc2c1C[C@H]1CC[C@@H](C2)N[C@H]1c1cccc(Br)c1. The van der Waals surface area contributed by atoms with Gasteiger partial charge in [0.05, 0.1) is 0 Å². The van der Waals surface area contributed by atoms with Crippen LogP contribution in [0.3, 0.4) is 0 Å². The summed E-state index contributed by atoms with van der Waals surface area (Å²) in [5.74, 6) is 0.620. The molecule has 2 aromatic carbocycles. The third-order valence-corrected chi connectivity index (χ3v) is 5.72. The lowest BCUT2D eigenvalue weighted by atomic mass is 9.75. The summed E-state index contributed by atoms with van der Waals surface area (Å²) in [5.41, 5.74) is 11.5. The molecule has 114 valence electrons. The predicted octanol–water partition coefficient (Wildman–Crippen LogP) is 4.24. The number of hydrogen-bond donors (Lipinski definition) is 2. The molecule has 0 saturated carbocycles. The number of nitrogens with two attached hydrogens (primary N) is 1. The molecule has 2 aliphatic heterocycles. The van der Waals surface area contributed by atoms with Gasteiger partial charge in [0.1, 0.15) is 0 Å². The third-order valence-electron chi connectivity index (χ3n) is 5.22. The fraction of sp³-hybridized carbons (Fsp3) is 0.368. The van der Waals surface area contributed by atoms with E-state index in [0.717, 1.165) is 23.0 Å². The predicted molar refractivity (Wildman–Crippen MR) is 94.8 cm³/mol. The molecule has 1 fully saturated rings. The van der Waals surface area contributed by atoms with Crippen LogP contribution in [0.5, 0.6) is 0 Å². The van der Waals surface area contributed by atoms with Crippen LogP contribution in [-0.2, 0) is 12.8 Å². The summed E-state index contributed by atoms with van der Waals surface area (Å²) >= 11 is 3.61. The molecule has 0 spiro atoms. The maximum absolute atomic E-state index is 6.27. The topological polar surface area (TPSA) is 38.0 Å². The van der Waals surface area contributed by atoms with E-state index in [4.69, 9.17) is 5.73 Å². The van der Waals surface area contributed by atoms with Crippen molar-refractivity contribution in [2.24, 2.45) is 5.92 Å². The molecule has 1 saturated heterocycles. The Hall–Kier alpha value is -1.32. The van der Waals surface area contributed by atoms with Crippen molar-refractivity contribution in [1.82, 2.24) is 5.32 Å². The zero-order chi connectivity index (χ0) is 15.1. The van der Waals surface area contributed by atoms with Crippen molar-refractivity contribution in [2.75, 3.05) is 5.73 Å². The molecule has 0 amide bonds. The van der Waals surface area contributed by atoms with Crippen LogP contribution >= 0.6 is 15.9 Å². The highest BCUT2D eigenvalue weighted by Crippen LogP contribution is 2.39. The van der Waals surface area contributed by atoms with Crippen molar-refractivity contribution in [1.29, 1.82) is 0 Å². The van der Waals surface area contributed by atoms with Crippen LogP contribution in [-0.4, -0.2) is 6.04 Å². The molecule has 0 aromatic heterocycles. The number of nitrogen functional groups attached to an aromatic ring is 1. The van der Waals surface area contributed by atoms with Crippen LogP contribution in [0.2, 0.25) is 0 Å². The van der Waals surface area contributed by atoms with E-state index in [1.54, 1.807) is 0 Å². The number of hydrogen-bond acceptors (Lipinski definition) is 2. The lowest BCUT2D eigenvalue weighted by molar-refractivity contribution is 0.221. The highest BCUT2D eigenvalue weighted by Gasteiger charge is 2.34. The molecule has 0 radical (unpaired) electrons. The Morgan fingerprint density at radius 1 is 1.05 bits per heavy atom. The van der Waals surface area contributed by atoms with E-state index < -0.39 is 0 Å². The summed E-state index contributed by atoms with van der Waals surface area (Å²) in [4.78, 5) is 0. The Morgan fingerprint density at radius 3 is 2.77 bits per heavy atom. The number of nitrogens with one attached hydrogen (secondary N) is 1. The van der Waals surface area contributed by atoms with Crippen molar-refractivity contribution < 1.29 is 0 Å². The largest absolute Gasteiger partial charge is 0.398 e. The summed E-state index contributed by atoms with van der Waals surface area (Å²) in [6, 6.07) is 16.1. The first-order valence-electron chi connectivity index (χ1n) is 8.08. The Morgan fingerprint density at radius 2 is 1.91 bits per heavy atom. The fourth-order valence-electron chi connectivity index (χ4n) is 4.13. The number of benzene rings is 2. The average Bonchev–Trinajstić information content (AvgIpc) is 2.48. The number of fused-ring (bicyclic) bond motifs is 2. The van der Waals surface area contributed by atoms with Crippen LogP contribution in [0.1, 0.15) is 35.6 Å². The van der Waals surface area contributed by atoms with E-state index in [-0.39, 0.29) is 0 Å². The molecule has 3 aliphatic rings. The Balaban J connectivity index is 1.73. The zero-order valence-electron chi connectivity index (χ0n) is 12.6. The third kappa shape index (κ3) is 2.57. The van der Waals surface area contributed by atoms with E-state index >= 15 is 0 Å². The van der Waals surface area contributed by atoms with E-state index in [1.165, 1.54) is 29.5 Å². The van der Waals surface area contributed by atoms with Gasteiger partial charge in [0.25, 0.3) is 0 Å². The van der Waals surface area contributed by atoms with Gasteiger partial charge in [0, 0.05) is 22.2 Å². The Kier molecular flexibility index (Phi) is 3.71. The monoisotopic (exact) mass is 356 g/mol. The minimum absolute atomic E-state index is 0.434. The lowest BCUT2D eigenvalue weighted by Crippen LogP contribution is -2.45. The normalized spacial score (nSPS) is 27.0. The average molecular weight is 357 g/mol. The quantitative estimate of drug-likeness (QED) is 0.750. The summed E-state index contributed by atoms with van der Waals surface area (Å²) in [6.45, 7) is 0. The molecule has 1 aliphatic carbocycles. The van der Waals surface area contributed by atoms with E-state index in [0.29, 0.717) is 18.0 Å². The minimum atomic E-state index is 0.434. The first-order valence-corrected chi connectivity index (χ1v) is 8.88. The van der Waals surface area contributed by atoms with Crippen LogP contribution in [0.25, 0.3) is 0 Å². The van der Waals surface area contributed by atoms with Gasteiger partial charge in [-0.3, -0.25) is 0 Å². The molecule has 3 atom stereocenters. The minimum Gasteiger partial charge on any atom is -0.398 e. The summed E-state index contributed by atoms with van der Waals surface area (Å²) in [7, 11) is 0. The molecule has 3 N–H and O–H groups in total. The van der Waals surface area contributed by atoms with Crippen LogP contribution in [0, 0.1) is 5.92 Å². The Bertz CT molecular complexity index is 698. The smallest absolute Gasteiger partial charge is 0.0354 e. The van der Waals surface area contributed by atoms with E-state index in [9.17, 15) is 0 Å². The van der Waals surface area contributed by atoms with Gasteiger partial charge < -0.3 is 11.1 Å². The molecule has 2 bridgehead atoms. The van der Waals surface area contributed by atoms with Gasteiger partial charge in [0.15, 0.2) is 0 Å². The molecule has 2 heterocycles. The second-order valence-electron chi connectivity index (χ2n) is 6.63. The number of halogens is 1. The van der Waals surface area contributed by atoms with Crippen molar-refractivity contribution in [2.45, 2.75) is 37.8 Å². The zero-order valence-corrected chi connectivity index (χ0v) is 14.1. The fourth-order valence-corrected chi connectivity index (χ4v) is 4.54. The summed E-state index contributed by atoms with van der Waals surface area (Å²) in [6.07, 6.45) is 4.72. The van der Waals surface area contributed by atoms with Gasteiger partial charge in [-0.05, 0) is 66.5 Å². The maximum Gasteiger partial charge on any atom is 0.0354 e. The second kappa shape index (κ2) is 5.71. The molecule has 5 rings (SSSR count). The van der Waals surface area contributed by atoms with Gasteiger partial charge >= 0.3 is 0 Å². The summed E-state index contributed by atoms with van der Waals surface area (Å²) in [5, 5.41) is 3.90. The van der Waals surface area contributed by atoms with Crippen LogP contribution in [0.4, 0.5) is 5.69 Å². The van der Waals surface area contributed by atoms with Gasteiger partial charge in [-0.2, -0.15) is 0 Å². The van der Waals surface area contributed by atoms with Crippen molar-refractivity contribution in [3.63, 3.8) is 0 Å². The number of piperidine rings is 1. The molecular formula is C19H21BrN2. The van der Waals surface area contributed by atoms with E-state index in [1.807, 2.05) is 0 Å². The van der Waals surface area contributed by atoms with Crippen LogP contribution in [0.15, 0.2) is 46.9 Å². The molecule has 2 aromatic rings. The highest BCUT2D eigenvalue weighted by molar-refractivity contribution is 9.10. The van der Waals surface area contributed by atoms with Gasteiger partial charge in [-0.1, -0.05) is 40.2 Å². The van der Waals surface area contributed by atoms with Crippen molar-refractivity contribution in [3.05, 3.63) is 63.6 Å². The maximum atomic E-state index is 6.27. The number of rotatable bonds is 1. The van der Waals surface area contributed by atoms with Crippen LogP contribution < -0.4 is 11.1 Å². The van der Waals surface area contributed by atoms with Crippen molar-refractivity contribution >= 4 is 21.6 Å². The van der Waals surface area contributed by atoms with Gasteiger partial charge in [0.2, 0.25) is 0 Å². The molecule has 3 heteroatoms. The van der Waals surface area contributed by atoms with Crippen molar-refractivity contribution in [3.8, 4) is 0 Å². The van der Waals surface area contributed by atoms with Gasteiger partial charge in [-0.15, -0.1) is 0 Å². The first kappa shape index (κ1) is 14.3. The number of anilines is 1. The second-order valence-corrected chi connectivity index (χ2v) is 7.54. The standard InChI is InChI=1S/C19H21BrN2/c20-15-5-1-4-13(9-15)19-14-7-8-16(22-19)10-12-3-2-6-18(21)17(12)11-14/h1-6,9,14,16,19,22H,7-8,10-11,21H2/t14-,16+,19+/m1/s1. The molecule has 2 nitrogen and oxygen atoms in total. The lowest BCUT2D eigenvalue weighted by Gasteiger charge is -2.41. The molecule has 0 unspecified atom stereocenters. The van der Waals surface area contributed by atoms with Gasteiger partial charge in [-0.25, -0.2) is 0 Å².